The van der Waals surface area contributed by atoms with Gasteiger partial charge in [0.2, 0.25) is 0 Å². The van der Waals surface area contributed by atoms with E-state index in [-0.39, 0.29) is 11.8 Å². The van der Waals surface area contributed by atoms with Crippen LogP contribution in [0.1, 0.15) is 39.1 Å². The Morgan fingerprint density at radius 3 is 2.47 bits per heavy atom. The molecule has 2 amide bonds. The normalized spacial score (nSPS) is 12.8. The minimum atomic E-state index is -0.435. The summed E-state index contributed by atoms with van der Waals surface area (Å²) in [4.78, 5) is 29.8. The van der Waals surface area contributed by atoms with E-state index in [1.54, 1.807) is 41.3 Å². The summed E-state index contributed by atoms with van der Waals surface area (Å²) in [5.41, 5.74) is 3.14. The smallest absolute Gasteiger partial charge is 0.257 e. The zero-order valence-corrected chi connectivity index (χ0v) is 20.0. The van der Waals surface area contributed by atoms with Crippen LogP contribution < -0.4 is 10.2 Å². The molecule has 1 aliphatic carbocycles. The molecule has 0 unspecified atom stereocenters. The minimum absolute atomic E-state index is 0.207. The van der Waals surface area contributed by atoms with Crippen LogP contribution in [0.25, 0.3) is 0 Å². The lowest BCUT2D eigenvalue weighted by atomic mass is 10.1. The first kappa shape index (κ1) is 23.8. The highest BCUT2D eigenvalue weighted by Gasteiger charge is 2.28. The molecule has 3 aromatic carbocycles. The Labute approximate surface area is 204 Å². The SMILES string of the molecule is CN(C)c1ccc(NC(=O)c2ccccc2Cl)cc1CN(CC1CC1)C(=O)c1cccc(F)c1. The van der Waals surface area contributed by atoms with E-state index in [2.05, 4.69) is 5.32 Å². The van der Waals surface area contributed by atoms with Gasteiger partial charge in [0.1, 0.15) is 5.82 Å². The third kappa shape index (κ3) is 5.75. The number of carbonyl (C=O) groups excluding carboxylic acids is 2. The van der Waals surface area contributed by atoms with Gasteiger partial charge in [-0.25, -0.2) is 4.39 Å². The molecule has 0 aliphatic heterocycles. The number of amides is 2. The van der Waals surface area contributed by atoms with Gasteiger partial charge in [-0.1, -0.05) is 29.8 Å². The van der Waals surface area contributed by atoms with Crippen LogP contribution in [0.15, 0.2) is 66.7 Å². The molecule has 5 nitrogen and oxygen atoms in total. The minimum Gasteiger partial charge on any atom is -0.377 e. The van der Waals surface area contributed by atoms with Crippen molar-refractivity contribution >= 4 is 34.8 Å². The number of anilines is 2. The van der Waals surface area contributed by atoms with E-state index in [4.69, 9.17) is 11.6 Å². The standard InChI is InChI=1S/C27H27ClFN3O2/c1-31(2)25-13-12-22(30-26(33)23-8-3-4-9-24(23)28)15-20(25)17-32(16-18-10-11-18)27(34)19-6-5-7-21(29)14-19/h3-9,12-15,18H,10-11,16-17H2,1-2H3,(H,30,33). The fraction of sp³-hybridized carbons (Fsp3) is 0.259. The lowest BCUT2D eigenvalue weighted by Crippen LogP contribution is -2.33. The number of rotatable bonds is 8. The second kappa shape index (κ2) is 10.3. The third-order valence-corrected chi connectivity index (χ3v) is 6.16. The predicted molar refractivity (Wildman–Crippen MR) is 134 cm³/mol. The van der Waals surface area contributed by atoms with Crippen LogP contribution in [-0.4, -0.2) is 37.4 Å². The van der Waals surface area contributed by atoms with Crippen molar-refractivity contribution in [3.63, 3.8) is 0 Å². The van der Waals surface area contributed by atoms with Crippen LogP contribution in [0.3, 0.4) is 0 Å². The average Bonchev–Trinajstić information content (AvgIpc) is 3.62. The van der Waals surface area contributed by atoms with Gasteiger partial charge in [-0.15, -0.1) is 0 Å². The van der Waals surface area contributed by atoms with E-state index in [1.807, 2.05) is 37.2 Å². The molecule has 0 bridgehead atoms. The molecule has 0 heterocycles. The molecule has 1 fully saturated rings. The molecule has 0 aromatic heterocycles. The largest absolute Gasteiger partial charge is 0.377 e. The van der Waals surface area contributed by atoms with E-state index >= 15 is 0 Å². The van der Waals surface area contributed by atoms with Gasteiger partial charge in [-0.2, -0.15) is 0 Å². The molecule has 0 radical (unpaired) electrons. The van der Waals surface area contributed by atoms with Crippen LogP contribution in [0.5, 0.6) is 0 Å². The van der Waals surface area contributed by atoms with Gasteiger partial charge in [-0.3, -0.25) is 9.59 Å². The third-order valence-electron chi connectivity index (χ3n) is 5.83. The maximum Gasteiger partial charge on any atom is 0.257 e. The van der Waals surface area contributed by atoms with Gasteiger partial charge in [0, 0.05) is 44.1 Å². The molecule has 1 N–H and O–H groups in total. The summed E-state index contributed by atoms with van der Waals surface area (Å²) >= 11 is 6.17. The van der Waals surface area contributed by atoms with Crippen LogP contribution in [0, 0.1) is 11.7 Å². The molecule has 0 atom stereocenters. The quantitative estimate of drug-likeness (QED) is 0.441. The van der Waals surface area contributed by atoms with Gasteiger partial charge in [0.25, 0.3) is 11.8 Å². The summed E-state index contributed by atoms with van der Waals surface area (Å²) in [5, 5.41) is 3.28. The van der Waals surface area contributed by atoms with Crippen molar-refractivity contribution in [2.75, 3.05) is 30.9 Å². The van der Waals surface area contributed by atoms with Gasteiger partial charge in [0.05, 0.1) is 10.6 Å². The highest BCUT2D eigenvalue weighted by Crippen LogP contribution is 2.32. The molecular weight excluding hydrogens is 453 g/mol. The van der Waals surface area contributed by atoms with E-state index in [9.17, 15) is 14.0 Å². The fourth-order valence-corrected chi connectivity index (χ4v) is 4.13. The summed E-state index contributed by atoms with van der Waals surface area (Å²) < 4.78 is 13.8. The van der Waals surface area contributed by atoms with Crippen molar-refractivity contribution < 1.29 is 14.0 Å². The average molecular weight is 480 g/mol. The maximum absolute atomic E-state index is 13.8. The Bertz CT molecular complexity index is 1210. The van der Waals surface area contributed by atoms with Crippen molar-refractivity contribution in [1.29, 1.82) is 0 Å². The molecule has 1 saturated carbocycles. The number of hydrogen-bond donors (Lipinski definition) is 1. The maximum atomic E-state index is 13.8. The number of nitrogens with zero attached hydrogens (tertiary/aromatic N) is 2. The number of carbonyl (C=O) groups is 2. The molecule has 4 rings (SSSR count). The Hall–Kier alpha value is -3.38. The Morgan fingerprint density at radius 2 is 1.79 bits per heavy atom. The highest BCUT2D eigenvalue weighted by atomic mass is 35.5. The summed E-state index contributed by atoms with van der Waals surface area (Å²) in [6.45, 7) is 0.952. The zero-order valence-electron chi connectivity index (χ0n) is 19.2. The van der Waals surface area contributed by atoms with E-state index in [1.165, 1.54) is 12.1 Å². The van der Waals surface area contributed by atoms with Gasteiger partial charge < -0.3 is 15.1 Å². The first-order chi connectivity index (χ1) is 16.3. The molecule has 1 aliphatic rings. The highest BCUT2D eigenvalue weighted by molar-refractivity contribution is 6.34. The number of nitrogens with one attached hydrogen (secondary N) is 1. The summed E-state index contributed by atoms with van der Waals surface area (Å²) in [6.07, 6.45) is 2.17. The van der Waals surface area contributed by atoms with Crippen molar-refractivity contribution in [3.8, 4) is 0 Å². The van der Waals surface area contributed by atoms with Gasteiger partial charge >= 0.3 is 0 Å². The van der Waals surface area contributed by atoms with E-state index in [0.29, 0.717) is 40.8 Å². The fourth-order valence-electron chi connectivity index (χ4n) is 3.91. The van der Waals surface area contributed by atoms with Crippen molar-refractivity contribution in [2.45, 2.75) is 19.4 Å². The molecule has 34 heavy (non-hydrogen) atoms. The molecule has 0 spiro atoms. The molecule has 3 aromatic rings. The zero-order chi connectivity index (χ0) is 24.2. The molecule has 176 valence electrons. The first-order valence-electron chi connectivity index (χ1n) is 11.2. The topological polar surface area (TPSA) is 52.7 Å². The van der Waals surface area contributed by atoms with Crippen molar-refractivity contribution in [2.24, 2.45) is 5.92 Å². The Morgan fingerprint density at radius 1 is 1.03 bits per heavy atom. The Balaban J connectivity index is 1.61. The first-order valence-corrected chi connectivity index (χ1v) is 11.6. The van der Waals surface area contributed by atoms with Crippen LogP contribution in [-0.2, 0) is 6.54 Å². The molecule has 7 heteroatoms. The summed E-state index contributed by atoms with van der Waals surface area (Å²) in [5.74, 6) is -0.486. The van der Waals surface area contributed by atoms with Gasteiger partial charge in [-0.05, 0) is 72.9 Å². The van der Waals surface area contributed by atoms with E-state index in [0.717, 1.165) is 24.1 Å². The number of benzene rings is 3. The summed E-state index contributed by atoms with van der Waals surface area (Å²) in [6, 6.07) is 18.3. The summed E-state index contributed by atoms with van der Waals surface area (Å²) in [7, 11) is 3.86. The van der Waals surface area contributed by atoms with Crippen molar-refractivity contribution in [1.82, 2.24) is 4.90 Å². The second-order valence-electron chi connectivity index (χ2n) is 8.81. The predicted octanol–water partition coefficient (Wildman–Crippen LogP) is 5.85. The Kier molecular flexibility index (Phi) is 7.17. The van der Waals surface area contributed by atoms with Crippen LogP contribution >= 0.6 is 11.6 Å². The number of halogens is 2. The lowest BCUT2D eigenvalue weighted by molar-refractivity contribution is 0.0734. The lowest BCUT2D eigenvalue weighted by Gasteiger charge is -2.26. The molecular formula is C27H27ClFN3O2. The second-order valence-corrected chi connectivity index (χ2v) is 9.22. The van der Waals surface area contributed by atoms with Gasteiger partial charge in [0.15, 0.2) is 0 Å². The van der Waals surface area contributed by atoms with Crippen LogP contribution in [0.2, 0.25) is 5.02 Å². The van der Waals surface area contributed by atoms with E-state index < -0.39 is 5.82 Å². The number of hydrogen-bond acceptors (Lipinski definition) is 3. The van der Waals surface area contributed by atoms with Crippen LogP contribution in [0.4, 0.5) is 15.8 Å². The van der Waals surface area contributed by atoms with Crippen molar-refractivity contribution in [3.05, 3.63) is 94.3 Å². The molecule has 0 saturated heterocycles. The monoisotopic (exact) mass is 479 g/mol.